The Morgan fingerprint density at radius 1 is 0.919 bits per heavy atom. The Labute approximate surface area is 228 Å². The van der Waals surface area contributed by atoms with Gasteiger partial charge in [-0.25, -0.2) is 0 Å². The Balaban J connectivity index is 0. The molecule has 0 amide bonds. The SMILES string of the molecule is C/C=C\CCCC(=O)OC(C/C=C1\CC=CC1=O)CCCCC.CC.CCCCC(=O)OC(C)CCC. The van der Waals surface area contributed by atoms with Gasteiger partial charge in [-0.2, -0.15) is 0 Å². The van der Waals surface area contributed by atoms with Crippen LogP contribution in [0.5, 0.6) is 0 Å². The molecule has 0 saturated heterocycles. The van der Waals surface area contributed by atoms with Crippen LogP contribution in [0.1, 0.15) is 138 Å². The van der Waals surface area contributed by atoms with Crippen LogP contribution in [0.3, 0.4) is 0 Å². The number of hydrogen-bond acceptors (Lipinski definition) is 5. The molecule has 0 heterocycles. The smallest absolute Gasteiger partial charge is 0.306 e. The summed E-state index contributed by atoms with van der Waals surface area (Å²) in [5.41, 5.74) is 0.828. The third-order valence-electron chi connectivity index (χ3n) is 5.73. The number of rotatable bonds is 17. The van der Waals surface area contributed by atoms with Gasteiger partial charge in [0.05, 0.1) is 6.10 Å². The Kier molecular flexibility index (Phi) is 26.9. The van der Waals surface area contributed by atoms with Gasteiger partial charge in [0.15, 0.2) is 5.78 Å². The minimum atomic E-state index is -0.120. The highest BCUT2D eigenvalue weighted by atomic mass is 16.5. The summed E-state index contributed by atoms with van der Waals surface area (Å²) in [4.78, 5) is 34.6. The van der Waals surface area contributed by atoms with Crippen LogP contribution in [0.25, 0.3) is 0 Å². The van der Waals surface area contributed by atoms with E-state index in [1.807, 2.05) is 45.9 Å². The van der Waals surface area contributed by atoms with Gasteiger partial charge in [-0.05, 0) is 70.4 Å². The lowest BCUT2D eigenvalue weighted by molar-refractivity contribution is -0.150. The van der Waals surface area contributed by atoms with Crippen LogP contribution < -0.4 is 0 Å². The summed E-state index contributed by atoms with van der Waals surface area (Å²) in [7, 11) is 0. The molecule has 0 spiro atoms. The topological polar surface area (TPSA) is 69.7 Å². The van der Waals surface area contributed by atoms with Crippen LogP contribution in [-0.4, -0.2) is 29.9 Å². The molecule has 2 atom stereocenters. The highest BCUT2D eigenvalue weighted by molar-refractivity contribution is 6.06. The van der Waals surface area contributed by atoms with Gasteiger partial charge in [0.25, 0.3) is 0 Å². The van der Waals surface area contributed by atoms with Crippen molar-refractivity contribution in [3.8, 4) is 0 Å². The molecule has 214 valence electrons. The van der Waals surface area contributed by atoms with Crippen LogP contribution in [0.4, 0.5) is 0 Å². The number of ether oxygens (including phenoxy) is 2. The molecular formula is C32H56O5. The van der Waals surface area contributed by atoms with Gasteiger partial charge in [-0.3, -0.25) is 14.4 Å². The minimum Gasteiger partial charge on any atom is -0.463 e. The largest absolute Gasteiger partial charge is 0.463 e. The maximum atomic E-state index is 12.0. The summed E-state index contributed by atoms with van der Waals surface area (Å²) >= 11 is 0. The predicted octanol–water partition coefficient (Wildman–Crippen LogP) is 9.01. The summed E-state index contributed by atoms with van der Waals surface area (Å²) < 4.78 is 10.8. The third kappa shape index (κ3) is 22.7. The van der Waals surface area contributed by atoms with E-state index in [1.54, 1.807) is 6.08 Å². The summed E-state index contributed by atoms with van der Waals surface area (Å²) in [5, 5.41) is 0. The lowest BCUT2D eigenvalue weighted by Gasteiger charge is -2.16. The Morgan fingerprint density at radius 2 is 1.57 bits per heavy atom. The molecule has 1 aliphatic rings. The Bertz CT molecular complexity index is 675. The van der Waals surface area contributed by atoms with E-state index in [-0.39, 0.29) is 29.9 Å². The van der Waals surface area contributed by atoms with E-state index < -0.39 is 0 Å². The van der Waals surface area contributed by atoms with E-state index in [1.165, 1.54) is 0 Å². The first kappa shape index (κ1) is 37.0. The van der Waals surface area contributed by atoms with Crippen molar-refractivity contribution in [2.75, 3.05) is 0 Å². The maximum Gasteiger partial charge on any atom is 0.306 e. The van der Waals surface area contributed by atoms with Crippen LogP contribution in [0, 0.1) is 0 Å². The van der Waals surface area contributed by atoms with E-state index in [0.717, 1.165) is 69.8 Å². The second kappa shape index (κ2) is 26.9. The molecule has 1 aliphatic carbocycles. The molecule has 1 rings (SSSR count). The van der Waals surface area contributed by atoms with Crippen molar-refractivity contribution in [3.63, 3.8) is 0 Å². The molecule has 0 saturated carbocycles. The first-order chi connectivity index (χ1) is 17.9. The van der Waals surface area contributed by atoms with Gasteiger partial charge in [-0.1, -0.05) is 84.6 Å². The average molecular weight is 521 g/mol. The van der Waals surface area contributed by atoms with Crippen molar-refractivity contribution >= 4 is 17.7 Å². The average Bonchev–Trinajstić information content (AvgIpc) is 3.30. The molecule has 0 bridgehead atoms. The molecule has 2 unspecified atom stereocenters. The van der Waals surface area contributed by atoms with Gasteiger partial charge in [-0.15, -0.1) is 0 Å². The standard InChI is InChI=1S/C20H30O3.C10H20O2.C2H6/c1-3-5-7-9-14-20(22)23-18(12-8-6-4-2)16-15-17-11-10-13-19(17)21;1-4-6-8-10(11)12-9(3)7-5-2;1-2/h3,5,10,13,15,18H,4,6-9,11-12,14,16H2,1-2H3;9H,4-8H2,1-3H3;1-2H3/b5-3-,17-15+;;. The number of unbranched alkanes of at least 4 members (excludes halogenated alkanes) is 4. The summed E-state index contributed by atoms with van der Waals surface area (Å²) in [6, 6.07) is 0. The van der Waals surface area contributed by atoms with Crippen LogP contribution in [0.15, 0.2) is 36.0 Å². The normalized spacial score (nSPS) is 15.0. The molecule has 0 radical (unpaired) electrons. The zero-order valence-corrected chi connectivity index (χ0v) is 25.0. The van der Waals surface area contributed by atoms with E-state index in [2.05, 4.69) is 26.8 Å². The highest BCUT2D eigenvalue weighted by Gasteiger charge is 2.16. The van der Waals surface area contributed by atoms with Crippen molar-refractivity contribution in [1.29, 1.82) is 0 Å². The summed E-state index contributed by atoms with van der Waals surface area (Å²) in [6.45, 7) is 14.3. The fourth-order valence-corrected chi connectivity index (χ4v) is 3.65. The van der Waals surface area contributed by atoms with Gasteiger partial charge in [0, 0.05) is 19.3 Å². The van der Waals surface area contributed by atoms with Crippen LogP contribution in [-0.2, 0) is 23.9 Å². The number of ketones is 1. The fourth-order valence-electron chi connectivity index (χ4n) is 3.65. The molecule has 5 nitrogen and oxygen atoms in total. The molecule has 0 aromatic heterocycles. The van der Waals surface area contributed by atoms with Crippen molar-refractivity contribution < 1.29 is 23.9 Å². The number of hydrogen-bond donors (Lipinski definition) is 0. The maximum absolute atomic E-state index is 12.0. The van der Waals surface area contributed by atoms with E-state index >= 15 is 0 Å². The summed E-state index contributed by atoms with van der Waals surface area (Å²) in [5.74, 6) is -0.0712. The van der Waals surface area contributed by atoms with Crippen molar-refractivity contribution in [3.05, 3.63) is 36.0 Å². The quantitative estimate of drug-likeness (QED) is 0.0828. The third-order valence-corrected chi connectivity index (χ3v) is 5.73. The van der Waals surface area contributed by atoms with Crippen LogP contribution >= 0.6 is 0 Å². The molecule has 0 N–H and O–H groups in total. The van der Waals surface area contributed by atoms with Gasteiger partial charge >= 0.3 is 11.9 Å². The second-order valence-electron chi connectivity index (χ2n) is 9.20. The van der Waals surface area contributed by atoms with E-state index in [9.17, 15) is 14.4 Å². The second-order valence-corrected chi connectivity index (χ2v) is 9.20. The number of allylic oxidation sites excluding steroid dienone is 5. The first-order valence-electron chi connectivity index (χ1n) is 14.8. The highest BCUT2D eigenvalue weighted by Crippen LogP contribution is 2.18. The van der Waals surface area contributed by atoms with Gasteiger partial charge in [0.1, 0.15) is 6.10 Å². The van der Waals surface area contributed by atoms with Gasteiger partial charge < -0.3 is 9.47 Å². The fraction of sp³-hybridized carbons (Fsp3) is 0.719. The lowest BCUT2D eigenvalue weighted by Crippen LogP contribution is -2.18. The molecule has 0 aliphatic heterocycles. The first-order valence-corrected chi connectivity index (χ1v) is 14.8. The number of carbonyl (C=O) groups excluding carboxylic acids is 3. The zero-order valence-electron chi connectivity index (χ0n) is 25.0. The van der Waals surface area contributed by atoms with Crippen LogP contribution in [0.2, 0.25) is 0 Å². The van der Waals surface area contributed by atoms with E-state index in [0.29, 0.717) is 25.7 Å². The van der Waals surface area contributed by atoms with Crippen molar-refractivity contribution in [2.24, 2.45) is 0 Å². The molecule has 0 fully saturated rings. The number of esters is 2. The predicted molar refractivity (Wildman–Crippen MR) is 155 cm³/mol. The zero-order chi connectivity index (χ0) is 28.3. The monoisotopic (exact) mass is 520 g/mol. The summed E-state index contributed by atoms with van der Waals surface area (Å²) in [6.07, 6.45) is 21.9. The molecule has 0 aromatic carbocycles. The molecular weight excluding hydrogens is 464 g/mol. The van der Waals surface area contributed by atoms with Crippen molar-refractivity contribution in [1.82, 2.24) is 0 Å². The van der Waals surface area contributed by atoms with Gasteiger partial charge in [0.2, 0.25) is 0 Å². The lowest BCUT2D eigenvalue weighted by atomic mass is 10.0. The van der Waals surface area contributed by atoms with Crippen molar-refractivity contribution in [2.45, 2.75) is 151 Å². The molecule has 37 heavy (non-hydrogen) atoms. The minimum absolute atomic E-state index is 0.0437. The number of carbonyl (C=O) groups is 3. The Hall–Kier alpha value is -2.17. The molecule has 5 heteroatoms. The Morgan fingerprint density at radius 3 is 2.14 bits per heavy atom. The molecule has 0 aromatic rings. The van der Waals surface area contributed by atoms with E-state index in [4.69, 9.17) is 9.47 Å².